The fraction of sp³-hybridized carbons (Fsp3) is 0.700. The van der Waals surface area contributed by atoms with E-state index in [4.69, 9.17) is 0 Å². The van der Waals surface area contributed by atoms with Crippen molar-refractivity contribution in [2.24, 2.45) is 11.8 Å². The third kappa shape index (κ3) is 3.69. The van der Waals surface area contributed by atoms with Gasteiger partial charge in [-0.15, -0.1) is 0 Å². The lowest BCUT2D eigenvalue weighted by Gasteiger charge is -2.29. The Morgan fingerprint density at radius 1 is 1.14 bits per heavy atom. The maximum Gasteiger partial charge on any atom is 0.0351 e. The molecule has 3 unspecified atom stereocenters. The van der Waals surface area contributed by atoms with E-state index in [0.717, 1.165) is 18.4 Å². The van der Waals surface area contributed by atoms with Gasteiger partial charge in [-0.1, -0.05) is 71.7 Å². The predicted octanol–water partition coefficient (Wildman–Crippen LogP) is 5.46. The zero-order valence-corrected chi connectivity index (χ0v) is 14.6. The zero-order valence-electron chi connectivity index (χ0n) is 14.6. The molecule has 1 nitrogen and oxygen atoms in total. The molecule has 0 bridgehead atoms. The van der Waals surface area contributed by atoms with Crippen molar-refractivity contribution in [1.82, 2.24) is 5.32 Å². The van der Waals surface area contributed by atoms with Crippen molar-refractivity contribution in [3.8, 4) is 0 Å². The van der Waals surface area contributed by atoms with E-state index in [1.807, 2.05) is 0 Å². The molecule has 1 aliphatic carbocycles. The van der Waals surface area contributed by atoms with Crippen molar-refractivity contribution in [1.29, 1.82) is 0 Å². The van der Waals surface area contributed by atoms with Gasteiger partial charge in [0.1, 0.15) is 0 Å². The first-order valence-electron chi connectivity index (χ1n) is 8.83. The van der Waals surface area contributed by atoms with Crippen LogP contribution in [0.5, 0.6) is 0 Å². The average molecular weight is 287 g/mol. The number of hydrogen-bond donors (Lipinski definition) is 1. The van der Waals surface area contributed by atoms with Gasteiger partial charge >= 0.3 is 0 Å². The van der Waals surface area contributed by atoms with Crippen LogP contribution in [0.2, 0.25) is 0 Å². The molecule has 1 fully saturated rings. The van der Waals surface area contributed by atoms with E-state index in [1.165, 1.54) is 36.8 Å². The van der Waals surface area contributed by atoms with Gasteiger partial charge in [0, 0.05) is 6.04 Å². The Hall–Kier alpha value is -0.820. The van der Waals surface area contributed by atoms with E-state index < -0.39 is 0 Å². The molecule has 0 heterocycles. The summed E-state index contributed by atoms with van der Waals surface area (Å²) in [6, 6.07) is 9.97. The maximum absolute atomic E-state index is 3.74. The van der Waals surface area contributed by atoms with Crippen LogP contribution in [0.3, 0.4) is 0 Å². The van der Waals surface area contributed by atoms with Gasteiger partial charge < -0.3 is 5.32 Å². The fourth-order valence-electron chi connectivity index (χ4n) is 3.75. The first kappa shape index (κ1) is 16.5. The van der Waals surface area contributed by atoms with E-state index in [9.17, 15) is 0 Å². The Labute approximate surface area is 131 Å². The molecule has 0 aliphatic heterocycles. The summed E-state index contributed by atoms with van der Waals surface area (Å²) in [5.74, 6) is 1.65. The molecule has 3 atom stereocenters. The summed E-state index contributed by atoms with van der Waals surface area (Å²) < 4.78 is 0. The number of hydrogen-bond acceptors (Lipinski definition) is 1. The second-order valence-electron chi connectivity index (χ2n) is 7.47. The summed E-state index contributed by atoms with van der Waals surface area (Å²) in [5.41, 5.74) is 3.22. The smallest absolute Gasteiger partial charge is 0.0351 e. The molecular formula is C20H33N. The molecule has 1 N–H and O–H groups in total. The van der Waals surface area contributed by atoms with Crippen LogP contribution in [0, 0.1) is 11.8 Å². The molecular weight excluding hydrogens is 254 g/mol. The number of benzene rings is 1. The normalized spacial score (nSPS) is 24.2. The Kier molecular flexibility index (Phi) is 5.48. The zero-order chi connectivity index (χ0) is 15.5. The maximum atomic E-state index is 3.74. The highest BCUT2D eigenvalue weighted by atomic mass is 14.9. The van der Waals surface area contributed by atoms with Gasteiger partial charge in [-0.2, -0.15) is 0 Å². The van der Waals surface area contributed by atoms with Gasteiger partial charge in [0.15, 0.2) is 0 Å². The first-order valence-corrected chi connectivity index (χ1v) is 8.83. The topological polar surface area (TPSA) is 12.0 Å². The second kappa shape index (κ2) is 6.96. The average Bonchev–Trinajstić information content (AvgIpc) is 2.91. The molecule has 1 heteroatoms. The minimum Gasteiger partial charge on any atom is -0.310 e. The third-order valence-corrected chi connectivity index (χ3v) is 5.72. The highest BCUT2D eigenvalue weighted by Crippen LogP contribution is 2.40. The van der Waals surface area contributed by atoms with E-state index in [0.29, 0.717) is 6.04 Å². The van der Waals surface area contributed by atoms with Gasteiger partial charge in [-0.25, -0.2) is 0 Å². The van der Waals surface area contributed by atoms with Crippen LogP contribution in [0.1, 0.15) is 77.5 Å². The minimum absolute atomic E-state index is 0.285. The molecule has 0 amide bonds. The SMILES string of the molecule is CCNC(c1ccc(C(C)(C)CC)cc1)C1CCCC1C. The summed E-state index contributed by atoms with van der Waals surface area (Å²) in [6.45, 7) is 12.6. The molecule has 0 spiro atoms. The predicted molar refractivity (Wildman–Crippen MR) is 92.7 cm³/mol. The van der Waals surface area contributed by atoms with Crippen molar-refractivity contribution >= 4 is 0 Å². The van der Waals surface area contributed by atoms with Crippen molar-refractivity contribution < 1.29 is 0 Å². The van der Waals surface area contributed by atoms with Crippen LogP contribution >= 0.6 is 0 Å². The Balaban J connectivity index is 2.21. The molecule has 1 aromatic carbocycles. The monoisotopic (exact) mass is 287 g/mol. The first-order chi connectivity index (χ1) is 9.99. The Morgan fingerprint density at radius 2 is 1.81 bits per heavy atom. The second-order valence-corrected chi connectivity index (χ2v) is 7.47. The highest BCUT2D eigenvalue weighted by molar-refractivity contribution is 5.30. The van der Waals surface area contributed by atoms with Crippen LogP contribution in [0.4, 0.5) is 0 Å². The largest absolute Gasteiger partial charge is 0.310 e. The van der Waals surface area contributed by atoms with E-state index in [1.54, 1.807) is 0 Å². The van der Waals surface area contributed by atoms with Crippen molar-refractivity contribution in [3.63, 3.8) is 0 Å². The molecule has 118 valence electrons. The lowest BCUT2D eigenvalue weighted by molar-refractivity contribution is 0.305. The molecule has 2 rings (SSSR count). The molecule has 21 heavy (non-hydrogen) atoms. The molecule has 1 aliphatic rings. The van der Waals surface area contributed by atoms with Gasteiger partial charge in [-0.3, -0.25) is 0 Å². The van der Waals surface area contributed by atoms with Gasteiger partial charge in [0.05, 0.1) is 0 Å². The fourth-order valence-corrected chi connectivity index (χ4v) is 3.75. The van der Waals surface area contributed by atoms with Crippen LogP contribution in [0.25, 0.3) is 0 Å². The summed E-state index contributed by atoms with van der Waals surface area (Å²) in [5, 5.41) is 3.74. The van der Waals surface area contributed by atoms with Crippen molar-refractivity contribution in [2.45, 2.75) is 71.8 Å². The van der Waals surface area contributed by atoms with Gasteiger partial charge in [0.2, 0.25) is 0 Å². The van der Waals surface area contributed by atoms with Crippen LogP contribution < -0.4 is 5.32 Å². The van der Waals surface area contributed by atoms with E-state index in [2.05, 4.69) is 64.2 Å². The van der Waals surface area contributed by atoms with Gasteiger partial charge in [-0.05, 0) is 47.8 Å². The van der Waals surface area contributed by atoms with Crippen molar-refractivity contribution in [2.75, 3.05) is 6.54 Å². The molecule has 1 saturated carbocycles. The Bertz CT molecular complexity index is 432. The molecule has 0 aromatic heterocycles. The third-order valence-electron chi connectivity index (χ3n) is 5.72. The highest BCUT2D eigenvalue weighted by Gasteiger charge is 2.31. The molecule has 0 saturated heterocycles. The van der Waals surface area contributed by atoms with Crippen molar-refractivity contribution in [3.05, 3.63) is 35.4 Å². The van der Waals surface area contributed by atoms with Crippen LogP contribution in [-0.2, 0) is 5.41 Å². The Morgan fingerprint density at radius 3 is 2.29 bits per heavy atom. The van der Waals surface area contributed by atoms with Crippen LogP contribution in [0.15, 0.2) is 24.3 Å². The minimum atomic E-state index is 0.285. The molecule has 1 aromatic rings. The summed E-state index contributed by atoms with van der Waals surface area (Å²) in [7, 11) is 0. The lowest BCUT2D eigenvalue weighted by Crippen LogP contribution is -2.29. The number of rotatable bonds is 6. The van der Waals surface area contributed by atoms with E-state index in [-0.39, 0.29) is 5.41 Å². The van der Waals surface area contributed by atoms with E-state index >= 15 is 0 Å². The van der Waals surface area contributed by atoms with Crippen LogP contribution in [-0.4, -0.2) is 6.54 Å². The number of nitrogens with one attached hydrogen (secondary N) is 1. The lowest BCUT2D eigenvalue weighted by atomic mass is 9.80. The van der Waals surface area contributed by atoms with Gasteiger partial charge in [0.25, 0.3) is 0 Å². The molecule has 0 radical (unpaired) electrons. The standard InChI is InChI=1S/C20H33N/c1-6-20(4,5)17-13-11-16(12-14-17)19(21-7-2)18-10-8-9-15(18)3/h11-15,18-19,21H,6-10H2,1-5H3. The summed E-state index contributed by atoms with van der Waals surface area (Å²) in [6.07, 6.45) is 5.35. The quantitative estimate of drug-likeness (QED) is 0.732. The summed E-state index contributed by atoms with van der Waals surface area (Å²) >= 11 is 0. The summed E-state index contributed by atoms with van der Waals surface area (Å²) in [4.78, 5) is 0.